The summed E-state index contributed by atoms with van der Waals surface area (Å²) in [4.78, 5) is 0. The second-order valence-corrected chi connectivity index (χ2v) is 10.7. The summed E-state index contributed by atoms with van der Waals surface area (Å²) in [5.41, 5.74) is 2.63. The fourth-order valence-electron chi connectivity index (χ4n) is 5.42. The van der Waals surface area contributed by atoms with E-state index in [1.807, 2.05) is 60.7 Å². The summed E-state index contributed by atoms with van der Waals surface area (Å²) in [7, 11) is 0. The molecule has 0 aliphatic carbocycles. The van der Waals surface area contributed by atoms with Crippen LogP contribution in [0.15, 0.2) is 104 Å². The number of hydrogen-bond acceptors (Lipinski definition) is 5. The van der Waals surface area contributed by atoms with E-state index in [1.165, 1.54) is 0 Å². The average Bonchev–Trinajstić information content (AvgIpc) is 3.48. The van der Waals surface area contributed by atoms with Crippen molar-refractivity contribution in [1.82, 2.24) is 0 Å². The summed E-state index contributed by atoms with van der Waals surface area (Å²) in [5.74, 6) is 0. The topological polar surface area (TPSA) is 46.2 Å². The van der Waals surface area contributed by atoms with Crippen LogP contribution in [0.4, 0.5) is 0 Å². The van der Waals surface area contributed by atoms with Crippen LogP contribution < -0.4 is 0 Å². The summed E-state index contributed by atoms with van der Waals surface area (Å²) < 4.78 is 33.7. The van der Waals surface area contributed by atoms with Gasteiger partial charge in [-0.3, -0.25) is 0 Å². The predicted octanol–water partition coefficient (Wildman–Crippen LogP) is 6.29. The predicted molar refractivity (Wildman–Crippen MR) is 156 cm³/mol. The molecule has 3 aromatic carbocycles. The molecule has 2 aliphatic heterocycles. The highest BCUT2D eigenvalue weighted by molar-refractivity contribution is 14.1. The third-order valence-corrected chi connectivity index (χ3v) is 8.20. The molecule has 5 rings (SSSR count). The molecule has 0 amide bonds. The Balaban J connectivity index is 1.41. The van der Waals surface area contributed by atoms with E-state index in [2.05, 4.69) is 65.6 Å². The lowest BCUT2D eigenvalue weighted by molar-refractivity contribution is -0.137. The number of ether oxygens (including phenoxy) is 5. The summed E-state index contributed by atoms with van der Waals surface area (Å²) in [6.45, 7) is 5.90. The highest BCUT2D eigenvalue weighted by Gasteiger charge is 2.63. The Hall–Kier alpha value is -2.07. The molecule has 38 heavy (non-hydrogen) atoms. The van der Waals surface area contributed by atoms with Gasteiger partial charge in [0.15, 0.2) is 0 Å². The van der Waals surface area contributed by atoms with E-state index in [1.54, 1.807) is 0 Å². The Labute approximate surface area is 239 Å². The SMILES string of the molecule is C=C[C@H]1O[C@@H](CI)C[C@]12O[C@H](COCc1ccccc1)[C@@H](OCc1ccccc1)[C@@H]2OCc1ccccc1. The molecular formula is C32H35IO5. The normalized spacial score (nSPS) is 28.6. The van der Waals surface area contributed by atoms with Crippen molar-refractivity contribution < 1.29 is 23.7 Å². The van der Waals surface area contributed by atoms with Gasteiger partial charge in [0.1, 0.15) is 30.0 Å². The molecule has 0 unspecified atom stereocenters. The van der Waals surface area contributed by atoms with Gasteiger partial charge in [0.05, 0.1) is 32.5 Å². The minimum atomic E-state index is -0.700. The summed E-state index contributed by atoms with van der Waals surface area (Å²) >= 11 is 2.38. The molecule has 0 N–H and O–H groups in total. The first-order valence-electron chi connectivity index (χ1n) is 13.2. The molecule has 3 aromatic rings. The van der Waals surface area contributed by atoms with Crippen LogP contribution in [0, 0.1) is 0 Å². The third-order valence-electron chi connectivity index (χ3n) is 7.22. The van der Waals surface area contributed by atoms with E-state index in [0.717, 1.165) is 21.1 Å². The monoisotopic (exact) mass is 626 g/mol. The van der Waals surface area contributed by atoms with Crippen LogP contribution in [0.2, 0.25) is 0 Å². The molecule has 0 aromatic heterocycles. The zero-order valence-electron chi connectivity index (χ0n) is 21.5. The van der Waals surface area contributed by atoms with Crippen molar-refractivity contribution in [2.75, 3.05) is 11.0 Å². The number of benzene rings is 3. The maximum Gasteiger partial charge on any atom is 0.130 e. The van der Waals surface area contributed by atoms with Gasteiger partial charge in [-0.15, -0.1) is 6.58 Å². The fourth-order valence-corrected chi connectivity index (χ4v) is 5.94. The molecular weight excluding hydrogens is 591 g/mol. The van der Waals surface area contributed by atoms with Crippen molar-refractivity contribution in [2.45, 2.75) is 62.4 Å². The Kier molecular flexibility index (Phi) is 9.64. The lowest BCUT2D eigenvalue weighted by Crippen LogP contribution is -2.50. The standard InChI is InChI=1S/C32H35IO5/c1-2-29-32(18-27(19-33)37-29)31(36-22-26-16-10-5-11-17-26)30(35-21-25-14-8-4-9-15-25)28(38-32)23-34-20-24-12-6-3-7-13-24/h2-17,27-31H,1,18-23H2/t27-,28-,29-,30-,31+,32+/m1/s1. The Morgan fingerprint density at radius 3 is 1.92 bits per heavy atom. The second-order valence-electron chi connectivity index (χ2n) is 9.86. The van der Waals surface area contributed by atoms with Gasteiger partial charge in [-0.05, 0) is 16.7 Å². The van der Waals surface area contributed by atoms with Gasteiger partial charge in [0.2, 0.25) is 0 Å². The third kappa shape index (κ3) is 6.38. The molecule has 6 atom stereocenters. The van der Waals surface area contributed by atoms with E-state index in [0.29, 0.717) is 32.8 Å². The van der Waals surface area contributed by atoms with E-state index >= 15 is 0 Å². The lowest BCUT2D eigenvalue weighted by atomic mass is 9.86. The van der Waals surface area contributed by atoms with Gasteiger partial charge in [-0.25, -0.2) is 0 Å². The summed E-state index contributed by atoms with van der Waals surface area (Å²) in [6.07, 6.45) is 1.31. The van der Waals surface area contributed by atoms with Gasteiger partial charge < -0.3 is 23.7 Å². The smallest absolute Gasteiger partial charge is 0.130 e. The summed E-state index contributed by atoms with van der Waals surface area (Å²) in [5, 5.41) is 0. The van der Waals surface area contributed by atoms with Crippen LogP contribution >= 0.6 is 22.6 Å². The Morgan fingerprint density at radius 1 is 0.816 bits per heavy atom. The number of alkyl halides is 1. The van der Waals surface area contributed by atoms with E-state index in [-0.39, 0.29) is 30.5 Å². The van der Waals surface area contributed by atoms with Gasteiger partial charge in [-0.2, -0.15) is 0 Å². The molecule has 2 saturated heterocycles. The second kappa shape index (κ2) is 13.3. The van der Waals surface area contributed by atoms with E-state index in [4.69, 9.17) is 23.7 Å². The van der Waals surface area contributed by atoms with Crippen molar-refractivity contribution in [3.63, 3.8) is 0 Å². The Morgan fingerprint density at radius 2 is 1.37 bits per heavy atom. The van der Waals surface area contributed by atoms with Crippen LogP contribution in [0.3, 0.4) is 0 Å². The van der Waals surface area contributed by atoms with Crippen molar-refractivity contribution in [3.8, 4) is 0 Å². The van der Waals surface area contributed by atoms with Gasteiger partial charge >= 0.3 is 0 Å². The molecule has 6 heteroatoms. The van der Waals surface area contributed by atoms with Gasteiger partial charge in [0.25, 0.3) is 0 Å². The van der Waals surface area contributed by atoms with Crippen LogP contribution in [0.25, 0.3) is 0 Å². The highest BCUT2D eigenvalue weighted by atomic mass is 127. The molecule has 0 bridgehead atoms. The van der Waals surface area contributed by atoms with Crippen molar-refractivity contribution in [3.05, 3.63) is 120 Å². The van der Waals surface area contributed by atoms with Crippen LogP contribution in [-0.4, -0.2) is 47.2 Å². The first-order valence-corrected chi connectivity index (χ1v) is 14.7. The molecule has 1 spiro atoms. The number of halogens is 1. The molecule has 0 radical (unpaired) electrons. The maximum atomic E-state index is 6.91. The highest BCUT2D eigenvalue weighted by Crippen LogP contribution is 2.48. The minimum absolute atomic E-state index is 0.0557. The minimum Gasteiger partial charge on any atom is -0.374 e. The average molecular weight is 627 g/mol. The van der Waals surface area contributed by atoms with Crippen LogP contribution in [0.1, 0.15) is 23.1 Å². The molecule has 200 valence electrons. The van der Waals surface area contributed by atoms with Gasteiger partial charge in [-0.1, -0.05) is 120 Å². The maximum absolute atomic E-state index is 6.91. The largest absolute Gasteiger partial charge is 0.374 e. The van der Waals surface area contributed by atoms with Crippen molar-refractivity contribution in [2.24, 2.45) is 0 Å². The molecule has 2 aliphatic rings. The van der Waals surface area contributed by atoms with Crippen LogP contribution in [-0.2, 0) is 43.5 Å². The van der Waals surface area contributed by atoms with E-state index < -0.39 is 5.60 Å². The summed E-state index contributed by atoms with van der Waals surface area (Å²) in [6, 6.07) is 30.6. The van der Waals surface area contributed by atoms with Crippen LogP contribution in [0.5, 0.6) is 0 Å². The molecule has 5 nitrogen and oxygen atoms in total. The van der Waals surface area contributed by atoms with Gasteiger partial charge in [0, 0.05) is 10.8 Å². The first-order chi connectivity index (χ1) is 18.7. The molecule has 2 heterocycles. The number of rotatable bonds is 12. The van der Waals surface area contributed by atoms with Crippen molar-refractivity contribution in [1.29, 1.82) is 0 Å². The molecule has 2 fully saturated rings. The lowest BCUT2D eigenvalue weighted by Gasteiger charge is -2.34. The molecule has 0 saturated carbocycles. The number of hydrogen-bond donors (Lipinski definition) is 0. The van der Waals surface area contributed by atoms with Crippen molar-refractivity contribution >= 4 is 22.6 Å². The first kappa shape index (κ1) is 27.5. The fraction of sp³-hybridized carbons (Fsp3) is 0.375. The quantitative estimate of drug-likeness (QED) is 0.134. The zero-order chi connectivity index (χ0) is 26.2. The van der Waals surface area contributed by atoms with E-state index in [9.17, 15) is 0 Å². The zero-order valence-corrected chi connectivity index (χ0v) is 23.7. The Bertz CT molecular complexity index is 1130.